The topological polar surface area (TPSA) is 53.3 Å². The van der Waals surface area contributed by atoms with Gasteiger partial charge in [0.25, 0.3) is 0 Å². The van der Waals surface area contributed by atoms with Gasteiger partial charge in [-0.05, 0) is 75.6 Å². The first kappa shape index (κ1) is 26.4. The Morgan fingerprint density at radius 2 is 1.61 bits per heavy atom. The zero-order chi connectivity index (χ0) is 24.3. The van der Waals surface area contributed by atoms with Gasteiger partial charge >= 0.3 is 5.97 Å². The van der Waals surface area contributed by atoms with Gasteiger partial charge in [0.2, 0.25) is 0 Å². The first-order valence-electron chi connectivity index (χ1n) is 11.7. The van der Waals surface area contributed by atoms with E-state index in [-0.39, 0.29) is 5.57 Å². The third-order valence-corrected chi connectivity index (χ3v) is 5.93. The number of thiophene rings is 1. The molecule has 0 atom stereocenters. The van der Waals surface area contributed by atoms with Crippen molar-refractivity contribution in [3.05, 3.63) is 57.3 Å². The van der Waals surface area contributed by atoms with Gasteiger partial charge in [0.1, 0.15) is 17.2 Å². The molecule has 0 aliphatic rings. The van der Waals surface area contributed by atoms with Gasteiger partial charge in [0.15, 0.2) is 0 Å². The molecule has 0 aliphatic carbocycles. The summed E-state index contributed by atoms with van der Waals surface area (Å²) < 4.78 is 5.30. The number of rotatable bonds is 11. The third kappa shape index (κ3) is 9.27. The molecule has 0 spiro atoms. The normalized spacial score (nSPS) is 12.1. The summed E-state index contributed by atoms with van der Waals surface area (Å²) in [5, 5.41) is 9.34. The van der Waals surface area contributed by atoms with Gasteiger partial charge in [-0.2, -0.15) is 5.26 Å². The van der Waals surface area contributed by atoms with Crippen LogP contribution in [0.4, 0.5) is 5.69 Å². The van der Waals surface area contributed by atoms with Crippen LogP contribution in [0.2, 0.25) is 0 Å². The predicted octanol–water partition coefficient (Wildman–Crippen LogP) is 7.57. The summed E-state index contributed by atoms with van der Waals surface area (Å²) >= 11 is 1.53. The predicted molar refractivity (Wildman–Crippen MR) is 141 cm³/mol. The largest absolute Gasteiger partial charge is 0.456 e. The van der Waals surface area contributed by atoms with Crippen LogP contribution >= 0.6 is 11.3 Å². The Kier molecular flexibility index (Phi) is 10.4. The maximum absolute atomic E-state index is 12.2. The van der Waals surface area contributed by atoms with E-state index in [2.05, 4.69) is 55.2 Å². The molecule has 2 rings (SSSR count). The van der Waals surface area contributed by atoms with Gasteiger partial charge in [-0.1, -0.05) is 44.9 Å². The second-order valence-corrected chi connectivity index (χ2v) is 10.2. The van der Waals surface area contributed by atoms with Crippen molar-refractivity contribution in [2.75, 3.05) is 18.0 Å². The van der Waals surface area contributed by atoms with Crippen molar-refractivity contribution < 1.29 is 9.53 Å². The molecule has 1 aromatic heterocycles. The van der Waals surface area contributed by atoms with E-state index in [0.29, 0.717) is 0 Å². The number of nitriles is 1. The molecule has 0 unspecified atom stereocenters. The van der Waals surface area contributed by atoms with Crippen LogP contribution in [0.1, 0.15) is 75.6 Å². The van der Waals surface area contributed by atoms with Crippen LogP contribution in [0.15, 0.2) is 42.0 Å². The minimum atomic E-state index is -0.630. The number of esters is 1. The fourth-order valence-corrected chi connectivity index (χ4v) is 4.05. The third-order valence-electron chi connectivity index (χ3n) is 4.93. The van der Waals surface area contributed by atoms with Crippen molar-refractivity contribution in [3.63, 3.8) is 0 Å². The number of ether oxygens (including phenoxy) is 1. The van der Waals surface area contributed by atoms with Crippen LogP contribution in [0.3, 0.4) is 0 Å². The zero-order valence-electron chi connectivity index (χ0n) is 20.6. The molecular formula is C28H36N2O2S. The number of nitrogens with zero attached hydrogens (tertiary/aromatic N) is 2. The van der Waals surface area contributed by atoms with Crippen molar-refractivity contribution in [3.8, 4) is 6.07 Å². The maximum Gasteiger partial charge on any atom is 0.349 e. The lowest BCUT2D eigenvalue weighted by molar-refractivity contribution is -0.149. The SMILES string of the molecule is CCCCN(CCCC)c1ccc(/C=C/c2ccc(/C=C(\C#N)C(=O)OC(C)(C)C)s2)cc1. The molecule has 0 bridgehead atoms. The standard InChI is InChI=1S/C28H36N2O2S/c1-6-8-18-30(19-9-7-2)24-13-10-22(11-14-24)12-15-25-16-17-26(33-25)20-23(21-29)27(31)32-28(3,4)5/h10-17,20H,6-9,18-19H2,1-5H3/b15-12+,23-20+. The van der Waals surface area contributed by atoms with Crippen LogP contribution in [-0.4, -0.2) is 24.7 Å². The lowest BCUT2D eigenvalue weighted by atomic mass is 10.1. The van der Waals surface area contributed by atoms with Crippen LogP contribution in [0.25, 0.3) is 18.2 Å². The summed E-state index contributed by atoms with van der Waals surface area (Å²) in [6.45, 7) is 12.0. The Bertz CT molecular complexity index is 980. The molecule has 0 amide bonds. The molecule has 2 aromatic rings. The lowest BCUT2D eigenvalue weighted by Crippen LogP contribution is -2.25. The van der Waals surface area contributed by atoms with E-state index in [1.54, 1.807) is 26.8 Å². The van der Waals surface area contributed by atoms with Crippen LogP contribution in [-0.2, 0) is 9.53 Å². The van der Waals surface area contributed by atoms with E-state index >= 15 is 0 Å². The second kappa shape index (κ2) is 13.0. The van der Waals surface area contributed by atoms with Gasteiger partial charge in [0, 0.05) is 28.5 Å². The zero-order valence-corrected chi connectivity index (χ0v) is 21.4. The molecule has 0 saturated carbocycles. The van der Waals surface area contributed by atoms with Crippen molar-refractivity contribution in [2.24, 2.45) is 0 Å². The van der Waals surface area contributed by atoms with E-state index < -0.39 is 11.6 Å². The van der Waals surface area contributed by atoms with Crippen molar-refractivity contribution in [2.45, 2.75) is 65.9 Å². The summed E-state index contributed by atoms with van der Waals surface area (Å²) in [6.07, 6.45) is 10.6. The lowest BCUT2D eigenvalue weighted by Gasteiger charge is -2.24. The molecule has 0 saturated heterocycles. The number of unbranched alkanes of at least 4 members (excludes halogenated alkanes) is 2. The molecule has 4 nitrogen and oxygen atoms in total. The fourth-order valence-electron chi connectivity index (χ4n) is 3.19. The molecule has 0 radical (unpaired) electrons. The van der Waals surface area contributed by atoms with Crippen LogP contribution < -0.4 is 4.90 Å². The highest BCUT2D eigenvalue weighted by atomic mass is 32.1. The Labute approximate surface area is 203 Å². The van der Waals surface area contributed by atoms with E-state index in [1.165, 1.54) is 42.7 Å². The van der Waals surface area contributed by atoms with E-state index in [0.717, 1.165) is 28.4 Å². The number of hydrogen-bond donors (Lipinski definition) is 0. The molecule has 33 heavy (non-hydrogen) atoms. The summed E-state index contributed by atoms with van der Waals surface area (Å²) in [4.78, 5) is 16.6. The van der Waals surface area contributed by atoms with Crippen LogP contribution in [0, 0.1) is 11.3 Å². The number of benzene rings is 1. The average molecular weight is 465 g/mol. The molecule has 1 aromatic carbocycles. The number of anilines is 1. The second-order valence-electron chi connectivity index (χ2n) is 9.03. The van der Waals surface area contributed by atoms with Gasteiger partial charge < -0.3 is 9.64 Å². The highest BCUT2D eigenvalue weighted by Crippen LogP contribution is 2.23. The number of carbonyl (C=O) groups excluding carboxylic acids is 1. The van der Waals surface area contributed by atoms with E-state index in [4.69, 9.17) is 4.74 Å². The average Bonchev–Trinajstić information content (AvgIpc) is 3.23. The van der Waals surface area contributed by atoms with E-state index in [1.807, 2.05) is 18.2 Å². The smallest absolute Gasteiger partial charge is 0.349 e. The molecular weight excluding hydrogens is 428 g/mol. The van der Waals surface area contributed by atoms with Gasteiger partial charge in [-0.15, -0.1) is 11.3 Å². The summed E-state index contributed by atoms with van der Waals surface area (Å²) in [5.41, 5.74) is 1.80. The number of hydrogen-bond acceptors (Lipinski definition) is 5. The summed E-state index contributed by atoms with van der Waals surface area (Å²) in [7, 11) is 0. The monoisotopic (exact) mass is 464 g/mol. The van der Waals surface area contributed by atoms with Crippen molar-refractivity contribution in [1.82, 2.24) is 0 Å². The van der Waals surface area contributed by atoms with Gasteiger partial charge in [-0.3, -0.25) is 0 Å². The van der Waals surface area contributed by atoms with Crippen LogP contribution in [0.5, 0.6) is 0 Å². The molecule has 0 fully saturated rings. The first-order valence-corrected chi connectivity index (χ1v) is 12.6. The Balaban J connectivity index is 2.07. The Morgan fingerprint density at radius 1 is 1.00 bits per heavy atom. The summed E-state index contributed by atoms with van der Waals surface area (Å²) in [5.74, 6) is -0.595. The highest BCUT2D eigenvalue weighted by Gasteiger charge is 2.20. The summed E-state index contributed by atoms with van der Waals surface area (Å²) in [6, 6.07) is 14.6. The maximum atomic E-state index is 12.2. The van der Waals surface area contributed by atoms with E-state index in [9.17, 15) is 10.1 Å². The Hall–Kier alpha value is -2.84. The Morgan fingerprint density at radius 3 is 2.15 bits per heavy atom. The molecule has 176 valence electrons. The molecule has 0 aliphatic heterocycles. The quantitative estimate of drug-likeness (QED) is 0.195. The minimum absolute atomic E-state index is 0.00796. The molecule has 0 N–H and O–H groups in total. The molecule has 1 heterocycles. The molecule has 5 heteroatoms. The minimum Gasteiger partial charge on any atom is -0.456 e. The van der Waals surface area contributed by atoms with Crippen molar-refractivity contribution in [1.29, 1.82) is 5.26 Å². The fraction of sp³-hybridized carbons (Fsp3) is 0.429. The first-order chi connectivity index (χ1) is 15.8. The van der Waals surface area contributed by atoms with Gasteiger partial charge in [0.05, 0.1) is 0 Å². The highest BCUT2D eigenvalue weighted by molar-refractivity contribution is 7.13. The van der Waals surface area contributed by atoms with Gasteiger partial charge in [-0.25, -0.2) is 4.79 Å². The number of carbonyl (C=O) groups is 1. The van der Waals surface area contributed by atoms with Crippen molar-refractivity contribution >= 4 is 41.2 Å².